The van der Waals surface area contributed by atoms with E-state index >= 15 is 0 Å². The van der Waals surface area contributed by atoms with Crippen molar-refractivity contribution in [3.05, 3.63) is 43.6 Å². The Bertz CT molecular complexity index is 735. The second-order valence-electron chi connectivity index (χ2n) is 4.99. The molecule has 0 aliphatic rings. The van der Waals surface area contributed by atoms with Gasteiger partial charge in [-0.15, -0.1) is 34.0 Å². The number of thiophene rings is 3. The predicted molar refractivity (Wildman–Crippen MR) is 97.6 cm³/mol. The molecular formula is C16H15BrS3. The van der Waals surface area contributed by atoms with Gasteiger partial charge in [0.2, 0.25) is 0 Å². The van der Waals surface area contributed by atoms with Crippen LogP contribution in [0.2, 0.25) is 0 Å². The van der Waals surface area contributed by atoms with E-state index in [1.54, 1.807) is 0 Å². The first-order valence-corrected chi connectivity index (χ1v) is 9.64. The minimum atomic E-state index is 1.21. The van der Waals surface area contributed by atoms with Gasteiger partial charge < -0.3 is 0 Å². The van der Waals surface area contributed by atoms with Gasteiger partial charge in [0.05, 0.1) is 4.88 Å². The molecule has 0 nitrogen and oxygen atoms in total. The molecule has 0 aliphatic heterocycles. The van der Waals surface area contributed by atoms with Gasteiger partial charge in [0.15, 0.2) is 0 Å². The van der Waals surface area contributed by atoms with Gasteiger partial charge in [0.25, 0.3) is 0 Å². The van der Waals surface area contributed by atoms with Crippen molar-refractivity contribution in [1.82, 2.24) is 0 Å². The van der Waals surface area contributed by atoms with E-state index in [9.17, 15) is 0 Å². The highest BCUT2D eigenvalue weighted by atomic mass is 79.9. The Kier molecular flexibility index (Phi) is 3.93. The molecule has 104 valence electrons. The van der Waals surface area contributed by atoms with Crippen molar-refractivity contribution in [3.8, 4) is 19.5 Å². The zero-order valence-corrected chi connectivity index (χ0v) is 15.9. The molecule has 0 fully saturated rings. The normalized spacial score (nSPS) is 11.2. The summed E-state index contributed by atoms with van der Waals surface area (Å²) in [5, 5.41) is 0. The molecule has 0 atom stereocenters. The predicted octanol–water partition coefficient (Wildman–Crippen LogP) is 7.20. The number of halogens is 1. The van der Waals surface area contributed by atoms with E-state index in [-0.39, 0.29) is 0 Å². The Hall–Kier alpha value is -0.420. The maximum atomic E-state index is 3.73. The van der Waals surface area contributed by atoms with Crippen LogP contribution in [0, 0.1) is 27.7 Å². The Labute approximate surface area is 140 Å². The number of rotatable bonds is 2. The van der Waals surface area contributed by atoms with E-state index in [4.69, 9.17) is 0 Å². The van der Waals surface area contributed by atoms with E-state index in [0.29, 0.717) is 0 Å². The molecule has 3 heterocycles. The van der Waals surface area contributed by atoms with Gasteiger partial charge in [-0.3, -0.25) is 0 Å². The quantitative estimate of drug-likeness (QED) is 0.439. The topological polar surface area (TPSA) is 0 Å². The second-order valence-corrected chi connectivity index (χ2v) is 9.41. The highest BCUT2D eigenvalue weighted by Crippen LogP contribution is 2.45. The molecular weight excluding hydrogens is 368 g/mol. The summed E-state index contributed by atoms with van der Waals surface area (Å²) in [6.45, 7) is 8.76. The monoisotopic (exact) mass is 382 g/mol. The van der Waals surface area contributed by atoms with Crippen molar-refractivity contribution in [1.29, 1.82) is 0 Å². The van der Waals surface area contributed by atoms with Gasteiger partial charge in [-0.1, -0.05) is 0 Å². The molecule has 3 aromatic rings. The highest BCUT2D eigenvalue weighted by Gasteiger charge is 2.15. The maximum Gasteiger partial charge on any atom is 0.0591 e. The van der Waals surface area contributed by atoms with Gasteiger partial charge in [-0.2, -0.15) is 0 Å². The molecule has 0 saturated carbocycles. The first-order chi connectivity index (χ1) is 9.45. The molecule has 3 aromatic heterocycles. The van der Waals surface area contributed by atoms with Crippen molar-refractivity contribution >= 4 is 49.9 Å². The third-order valence-corrected chi connectivity index (χ3v) is 8.19. The largest absolute Gasteiger partial charge is 0.139 e. The minimum Gasteiger partial charge on any atom is -0.139 e. The molecule has 0 amide bonds. The van der Waals surface area contributed by atoms with Gasteiger partial charge in [0.1, 0.15) is 0 Å². The summed E-state index contributed by atoms with van der Waals surface area (Å²) in [6.07, 6.45) is 0. The lowest BCUT2D eigenvalue weighted by atomic mass is 10.2. The van der Waals surface area contributed by atoms with E-state index in [1.807, 2.05) is 34.0 Å². The Balaban J connectivity index is 2.07. The molecule has 0 radical (unpaired) electrons. The molecule has 0 saturated heterocycles. The molecule has 0 bridgehead atoms. The van der Waals surface area contributed by atoms with Crippen LogP contribution in [-0.4, -0.2) is 0 Å². The fraction of sp³-hybridized carbons (Fsp3) is 0.250. The first-order valence-electron chi connectivity index (χ1n) is 6.40. The van der Waals surface area contributed by atoms with Crippen LogP contribution in [0.25, 0.3) is 19.5 Å². The van der Waals surface area contributed by atoms with Crippen molar-refractivity contribution in [2.24, 2.45) is 0 Å². The lowest BCUT2D eigenvalue weighted by molar-refractivity contribution is 1.44. The molecule has 3 rings (SSSR count). The third kappa shape index (κ3) is 2.54. The Morgan fingerprint density at radius 2 is 1.20 bits per heavy atom. The molecule has 0 aliphatic carbocycles. The fourth-order valence-electron chi connectivity index (χ4n) is 2.04. The van der Waals surface area contributed by atoms with Crippen LogP contribution < -0.4 is 0 Å². The van der Waals surface area contributed by atoms with Crippen LogP contribution >= 0.6 is 49.9 Å². The van der Waals surface area contributed by atoms with Crippen LogP contribution in [0.15, 0.2) is 22.7 Å². The lowest BCUT2D eigenvalue weighted by Crippen LogP contribution is -1.64. The summed E-state index contributed by atoms with van der Waals surface area (Å²) < 4.78 is 1.21. The minimum absolute atomic E-state index is 1.21. The summed E-state index contributed by atoms with van der Waals surface area (Å²) >= 11 is 9.38. The van der Waals surface area contributed by atoms with Crippen molar-refractivity contribution < 1.29 is 0 Å². The molecule has 0 N–H and O–H groups in total. The van der Waals surface area contributed by atoms with Crippen LogP contribution in [-0.2, 0) is 0 Å². The number of hydrogen-bond donors (Lipinski definition) is 0. The number of hydrogen-bond acceptors (Lipinski definition) is 3. The van der Waals surface area contributed by atoms with E-state index < -0.39 is 0 Å². The van der Waals surface area contributed by atoms with E-state index in [2.05, 4.69) is 61.8 Å². The van der Waals surface area contributed by atoms with Crippen molar-refractivity contribution in [3.63, 3.8) is 0 Å². The van der Waals surface area contributed by atoms with Crippen LogP contribution in [0.3, 0.4) is 0 Å². The van der Waals surface area contributed by atoms with Crippen LogP contribution in [0.1, 0.15) is 20.9 Å². The molecule has 0 unspecified atom stereocenters. The molecule has 20 heavy (non-hydrogen) atoms. The smallest absolute Gasteiger partial charge is 0.0591 e. The van der Waals surface area contributed by atoms with Gasteiger partial charge in [0, 0.05) is 28.9 Å². The molecule has 0 spiro atoms. The van der Waals surface area contributed by atoms with Gasteiger partial charge >= 0.3 is 0 Å². The van der Waals surface area contributed by atoms with Crippen LogP contribution in [0.5, 0.6) is 0 Å². The van der Waals surface area contributed by atoms with E-state index in [0.717, 1.165) is 0 Å². The Morgan fingerprint density at radius 1 is 0.700 bits per heavy atom. The third-order valence-electron chi connectivity index (χ3n) is 3.49. The second kappa shape index (κ2) is 5.41. The van der Waals surface area contributed by atoms with Gasteiger partial charge in [-0.05, 0) is 73.0 Å². The SMILES string of the molecule is Cc1cc(-c2cc(Br)c(-c3cc(C)c(C)s3)s2)sc1C. The Morgan fingerprint density at radius 3 is 1.70 bits per heavy atom. The molecule has 4 heteroatoms. The summed E-state index contributed by atoms with van der Waals surface area (Å²) in [5.74, 6) is 0. The number of aryl methyl sites for hydroxylation is 4. The van der Waals surface area contributed by atoms with Gasteiger partial charge in [-0.25, -0.2) is 0 Å². The summed E-state index contributed by atoms with van der Waals surface area (Å²) in [4.78, 5) is 8.27. The zero-order valence-electron chi connectivity index (χ0n) is 11.8. The summed E-state index contributed by atoms with van der Waals surface area (Å²) in [5.41, 5.74) is 2.77. The highest BCUT2D eigenvalue weighted by molar-refractivity contribution is 9.10. The van der Waals surface area contributed by atoms with Crippen LogP contribution in [0.4, 0.5) is 0 Å². The standard InChI is InChI=1S/C16H15BrS3/c1-8-5-13(18-10(8)3)14-7-12(17)16(20-14)15-6-9(2)11(4)19-15/h5-7H,1-4H3. The first kappa shape index (κ1) is 14.5. The average molecular weight is 383 g/mol. The maximum absolute atomic E-state index is 3.73. The van der Waals surface area contributed by atoms with E-state index in [1.165, 1.54) is 44.9 Å². The summed E-state index contributed by atoms with van der Waals surface area (Å²) in [7, 11) is 0. The lowest BCUT2D eigenvalue weighted by Gasteiger charge is -1.92. The molecule has 0 aromatic carbocycles. The zero-order chi connectivity index (χ0) is 14.4. The van der Waals surface area contributed by atoms with Crippen molar-refractivity contribution in [2.75, 3.05) is 0 Å². The average Bonchev–Trinajstić information content (AvgIpc) is 3.01. The van der Waals surface area contributed by atoms with Crippen molar-refractivity contribution in [2.45, 2.75) is 27.7 Å². The summed E-state index contributed by atoms with van der Waals surface area (Å²) in [6, 6.07) is 6.85. The fourth-order valence-corrected chi connectivity index (χ4v) is 6.31.